The Kier molecular flexibility index (Phi) is 3.73. The number of anilines is 1. The Morgan fingerprint density at radius 2 is 2.47 bits per heavy atom. The Morgan fingerprint density at radius 1 is 1.63 bits per heavy atom. The molecule has 0 spiro atoms. The lowest BCUT2D eigenvalue weighted by Gasteiger charge is -2.44. The molecule has 3 heterocycles. The molecule has 0 radical (unpaired) electrons. The van der Waals surface area contributed by atoms with Crippen molar-refractivity contribution in [2.75, 3.05) is 18.1 Å². The Hall–Kier alpha value is -0.360. The molecule has 0 aliphatic carbocycles. The summed E-state index contributed by atoms with van der Waals surface area (Å²) in [5.74, 6) is 2.06. The number of ether oxygens (including phenoxy) is 1. The molecule has 1 unspecified atom stereocenters. The quantitative estimate of drug-likeness (QED) is 0.773. The molecule has 0 bridgehead atoms. The highest BCUT2D eigenvalue weighted by Gasteiger charge is 2.49. The maximum Gasteiger partial charge on any atom is 0.160 e. The highest BCUT2D eigenvalue weighted by atomic mass is 32.2. The van der Waals surface area contributed by atoms with E-state index in [4.69, 9.17) is 15.5 Å². The summed E-state index contributed by atoms with van der Waals surface area (Å²) < 4.78 is 5.88. The summed E-state index contributed by atoms with van der Waals surface area (Å²) in [6, 6.07) is 0. The molecule has 1 aromatic rings. The SMILES string of the molecule is C[C@H]1C[C@H]2CSC(NP)=N[C@@]2(c2nc(N)cs2)CO1. The van der Waals surface area contributed by atoms with Crippen molar-refractivity contribution in [2.24, 2.45) is 10.9 Å². The van der Waals surface area contributed by atoms with Crippen LogP contribution in [0.1, 0.15) is 18.4 Å². The summed E-state index contributed by atoms with van der Waals surface area (Å²) in [6.45, 7) is 2.71. The third kappa shape index (κ3) is 2.37. The molecule has 3 N–H and O–H groups in total. The van der Waals surface area contributed by atoms with Crippen LogP contribution in [-0.2, 0) is 10.3 Å². The Balaban J connectivity index is 2.04. The molecule has 1 fully saturated rings. The van der Waals surface area contributed by atoms with E-state index in [-0.39, 0.29) is 11.6 Å². The lowest BCUT2D eigenvalue weighted by molar-refractivity contribution is -0.0466. The standard InChI is InChI=1S/C11H17N4OPS2/c1-6-2-7-3-19-10(15-17)14-11(7,5-16-6)9-13-8(12)4-18-9/h4,6-7H,2-3,5,12,17H2,1H3,(H,14,15)/t6-,7-,11-/m0/s1. The third-order valence-corrected chi connectivity index (χ3v) is 6.18. The van der Waals surface area contributed by atoms with E-state index in [1.54, 1.807) is 23.1 Å². The number of fused-ring (bicyclic) bond motifs is 1. The van der Waals surface area contributed by atoms with Crippen LogP contribution >= 0.6 is 32.5 Å². The fraction of sp³-hybridized carbons (Fsp3) is 0.636. The number of aromatic nitrogens is 1. The highest BCUT2D eigenvalue weighted by molar-refractivity contribution is 8.14. The van der Waals surface area contributed by atoms with Crippen LogP contribution < -0.4 is 10.8 Å². The maximum atomic E-state index is 5.88. The van der Waals surface area contributed by atoms with Crippen molar-refractivity contribution >= 4 is 43.5 Å². The molecular weight excluding hydrogens is 299 g/mol. The fourth-order valence-electron chi connectivity index (χ4n) is 2.62. The minimum absolute atomic E-state index is 0.289. The average Bonchev–Trinajstić information content (AvgIpc) is 2.85. The molecule has 3 rings (SSSR count). The predicted molar refractivity (Wildman–Crippen MR) is 84.5 cm³/mol. The molecule has 5 nitrogen and oxygen atoms in total. The maximum absolute atomic E-state index is 5.88. The van der Waals surface area contributed by atoms with Gasteiger partial charge < -0.3 is 15.6 Å². The number of aliphatic imine (C=N–C) groups is 1. The van der Waals surface area contributed by atoms with E-state index in [1.807, 2.05) is 5.38 Å². The summed E-state index contributed by atoms with van der Waals surface area (Å²) >= 11 is 3.34. The van der Waals surface area contributed by atoms with Crippen LogP contribution in [0.4, 0.5) is 5.82 Å². The fourth-order valence-corrected chi connectivity index (χ4v) is 4.93. The number of nitrogens with zero attached hydrogens (tertiary/aromatic N) is 2. The van der Waals surface area contributed by atoms with Crippen LogP contribution in [0, 0.1) is 5.92 Å². The number of thiazole rings is 1. The largest absolute Gasteiger partial charge is 0.383 e. The minimum atomic E-state index is -0.362. The van der Waals surface area contributed by atoms with Crippen LogP contribution in [-0.4, -0.2) is 28.6 Å². The van der Waals surface area contributed by atoms with Crippen molar-refractivity contribution in [1.29, 1.82) is 0 Å². The van der Waals surface area contributed by atoms with Gasteiger partial charge in [0.1, 0.15) is 16.4 Å². The van der Waals surface area contributed by atoms with E-state index < -0.39 is 0 Å². The normalized spacial score (nSPS) is 34.5. The number of nitrogens with one attached hydrogen (secondary N) is 1. The summed E-state index contributed by atoms with van der Waals surface area (Å²) in [5, 5.41) is 6.84. The first-order chi connectivity index (χ1) is 9.14. The van der Waals surface area contributed by atoms with Crippen LogP contribution in [0.3, 0.4) is 0 Å². The minimum Gasteiger partial charge on any atom is -0.383 e. The van der Waals surface area contributed by atoms with Gasteiger partial charge in [-0.2, -0.15) is 0 Å². The lowest BCUT2D eigenvalue weighted by Crippen LogP contribution is -2.49. The zero-order valence-electron chi connectivity index (χ0n) is 10.6. The van der Waals surface area contributed by atoms with Crippen molar-refractivity contribution in [3.05, 3.63) is 10.4 Å². The molecule has 2 aliphatic heterocycles. The smallest absolute Gasteiger partial charge is 0.160 e. The lowest BCUT2D eigenvalue weighted by atomic mass is 9.80. The molecule has 4 atom stereocenters. The third-order valence-electron chi connectivity index (χ3n) is 3.62. The van der Waals surface area contributed by atoms with Crippen LogP contribution in [0.2, 0.25) is 0 Å². The number of thioether (sulfide) groups is 1. The van der Waals surface area contributed by atoms with Crippen LogP contribution in [0.25, 0.3) is 0 Å². The first-order valence-electron chi connectivity index (χ1n) is 6.16. The van der Waals surface area contributed by atoms with Gasteiger partial charge in [-0.15, -0.1) is 11.3 Å². The number of nitrogen functional groups attached to an aromatic ring is 1. The van der Waals surface area contributed by atoms with Gasteiger partial charge in [-0.3, -0.25) is 0 Å². The van der Waals surface area contributed by atoms with Gasteiger partial charge in [0.05, 0.1) is 12.7 Å². The van der Waals surface area contributed by atoms with E-state index in [2.05, 4.69) is 26.4 Å². The van der Waals surface area contributed by atoms with E-state index in [0.717, 1.165) is 22.3 Å². The van der Waals surface area contributed by atoms with Crippen molar-refractivity contribution < 1.29 is 4.74 Å². The first kappa shape index (κ1) is 13.6. The van der Waals surface area contributed by atoms with Gasteiger partial charge in [-0.05, 0) is 22.7 Å². The van der Waals surface area contributed by atoms with Gasteiger partial charge in [0.2, 0.25) is 0 Å². The van der Waals surface area contributed by atoms with Crippen molar-refractivity contribution in [2.45, 2.75) is 25.0 Å². The number of amidine groups is 1. The van der Waals surface area contributed by atoms with Gasteiger partial charge >= 0.3 is 0 Å². The van der Waals surface area contributed by atoms with Gasteiger partial charge in [0.25, 0.3) is 0 Å². The number of hydrogen-bond donors (Lipinski definition) is 2. The highest BCUT2D eigenvalue weighted by Crippen LogP contribution is 2.47. The zero-order valence-corrected chi connectivity index (χ0v) is 13.4. The number of rotatable bonds is 1. The second kappa shape index (κ2) is 5.20. The number of hydrogen-bond acceptors (Lipinski definition) is 7. The molecule has 0 aromatic carbocycles. The second-order valence-electron chi connectivity index (χ2n) is 4.93. The summed E-state index contributed by atoms with van der Waals surface area (Å²) in [6.07, 6.45) is 1.30. The van der Waals surface area contributed by atoms with E-state index in [1.165, 1.54) is 0 Å². The Morgan fingerprint density at radius 3 is 3.16 bits per heavy atom. The number of nitrogens with two attached hydrogens (primary N) is 1. The first-order valence-corrected chi connectivity index (χ1v) is 8.60. The van der Waals surface area contributed by atoms with Gasteiger partial charge in [0, 0.05) is 17.1 Å². The second-order valence-corrected chi connectivity index (χ2v) is 7.08. The van der Waals surface area contributed by atoms with Crippen molar-refractivity contribution in [1.82, 2.24) is 10.1 Å². The molecule has 1 aromatic heterocycles. The van der Waals surface area contributed by atoms with E-state index in [9.17, 15) is 0 Å². The van der Waals surface area contributed by atoms with Crippen molar-refractivity contribution in [3.8, 4) is 0 Å². The zero-order chi connectivity index (χ0) is 13.5. The van der Waals surface area contributed by atoms with Crippen LogP contribution in [0.5, 0.6) is 0 Å². The topological polar surface area (TPSA) is 72.5 Å². The van der Waals surface area contributed by atoms with Crippen molar-refractivity contribution in [3.63, 3.8) is 0 Å². The molecule has 2 aliphatic rings. The summed E-state index contributed by atoms with van der Waals surface area (Å²) in [7, 11) is 2.51. The molecule has 8 heteroatoms. The van der Waals surface area contributed by atoms with Gasteiger partial charge in [0.15, 0.2) is 5.17 Å². The molecular formula is C11H17N4OPS2. The molecule has 104 valence electrons. The monoisotopic (exact) mass is 316 g/mol. The molecule has 0 amide bonds. The van der Waals surface area contributed by atoms with Gasteiger partial charge in [-0.1, -0.05) is 11.8 Å². The molecule has 1 saturated heterocycles. The summed E-state index contributed by atoms with van der Waals surface area (Å²) in [5.41, 5.74) is 5.42. The van der Waals surface area contributed by atoms with Gasteiger partial charge in [-0.25, -0.2) is 9.98 Å². The molecule has 19 heavy (non-hydrogen) atoms. The average molecular weight is 316 g/mol. The molecule has 0 saturated carbocycles. The van der Waals surface area contributed by atoms with Crippen LogP contribution in [0.15, 0.2) is 10.4 Å². The van der Waals surface area contributed by atoms with E-state index in [0.29, 0.717) is 18.3 Å². The Labute approximate surface area is 123 Å². The Bertz CT molecular complexity index is 509. The van der Waals surface area contributed by atoms with E-state index >= 15 is 0 Å². The summed E-state index contributed by atoms with van der Waals surface area (Å²) in [4.78, 5) is 9.36. The predicted octanol–water partition coefficient (Wildman–Crippen LogP) is 1.83.